The SMILES string of the molecule is Fc1ccc2c(c1)[C@H]1OCC[C@H]1[C@@H](c1ccco1)N2. The molecule has 1 fully saturated rings. The first kappa shape index (κ1) is 11.1. The maximum Gasteiger partial charge on any atom is 0.126 e. The zero-order chi connectivity index (χ0) is 12.8. The Balaban J connectivity index is 1.80. The molecular formula is C15H14FNO2. The van der Waals surface area contributed by atoms with Gasteiger partial charge in [0.25, 0.3) is 0 Å². The lowest BCUT2D eigenvalue weighted by Gasteiger charge is -2.35. The lowest BCUT2D eigenvalue weighted by Crippen LogP contribution is -2.29. The number of fused-ring (bicyclic) bond motifs is 3. The smallest absolute Gasteiger partial charge is 0.126 e. The molecule has 0 aliphatic carbocycles. The van der Waals surface area contributed by atoms with Gasteiger partial charge in [0.1, 0.15) is 11.6 Å². The number of benzene rings is 1. The van der Waals surface area contributed by atoms with Gasteiger partial charge in [-0.05, 0) is 36.8 Å². The summed E-state index contributed by atoms with van der Waals surface area (Å²) >= 11 is 0. The Morgan fingerprint density at radius 1 is 1.26 bits per heavy atom. The molecule has 1 aromatic carbocycles. The van der Waals surface area contributed by atoms with Gasteiger partial charge in [-0.2, -0.15) is 0 Å². The van der Waals surface area contributed by atoms with Crippen molar-refractivity contribution >= 4 is 5.69 Å². The molecule has 98 valence electrons. The first-order valence-electron chi connectivity index (χ1n) is 6.54. The summed E-state index contributed by atoms with van der Waals surface area (Å²) in [5.41, 5.74) is 1.86. The van der Waals surface area contributed by atoms with Crippen molar-refractivity contribution in [1.82, 2.24) is 0 Å². The Labute approximate surface area is 110 Å². The second kappa shape index (κ2) is 4.10. The molecule has 1 aromatic heterocycles. The molecule has 0 radical (unpaired) electrons. The van der Waals surface area contributed by atoms with E-state index in [0.29, 0.717) is 12.5 Å². The summed E-state index contributed by atoms with van der Waals surface area (Å²) in [6.07, 6.45) is 2.60. The topological polar surface area (TPSA) is 34.4 Å². The van der Waals surface area contributed by atoms with E-state index in [0.717, 1.165) is 23.4 Å². The third-order valence-electron chi connectivity index (χ3n) is 4.05. The van der Waals surface area contributed by atoms with Crippen LogP contribution in [0.25, 0.3) is 0 Å². The van der Waals surface area contributed by atoms with Gasteiger partial charge in [-0.25, -0.2) is 4.39 Å². The molecule has 0 bridgehead atoms. The van der Waals surface area contributed by atoms with E-state index in [9.17, 15) is 4.39 Å². The van der Waals surface area contributed by atoms with Crippen LogP contribution in [0.5, 0.6) is 0 Å². The highest BCUT2D eigenvalue weighted by Gasteiger charge is 2.42. The van der Waals surface area contributed by atoms with Crippen molar-refractivity contribution in [2.24, 2.45) is 5.92 Å². The molecular weight excluding hydrogens is 245 g/mol. The van der Waals surface area contributed by atoms with Gasteiger partial charge in [0, 0.05) is 23.8 Å². The molecule has 0 unspecified atom stereocenters. The highest BCUT2D eigenvalue weighted by Crippen LogP contribution is 2.49. The molecule has 3 heterocycles. The van der Waals surface area contributed by atoms with Crippen molar-refractivity contribution in [2.75, 3.05) is 11.9 Å². The summed E-state index contributed by atoms with van der Waals surface area (Å²) in [4.78, 5) is 0. The predicted molar refractivity (Wildman–Crippen MR) is 68.3 cm³/mol. The summed E-state index contributed by atoms with van der Waals surface area (Å²) in [6, 6.07) is 8.78. The van der Waals surface area contributed by atoms with Crippen molar-refractivity contribution in [3.8, 4) is 0 Å². The maximum absolute atomic E-state index is 13.4. The third-order valence-corrected chi connectivity index (χ3v) is 4.05. The second-order valence-electron chi connectivity index (χ2n) is 5.11. The number of anilines is 1. The lowest BCUT2D eigenvalue weighted by atomic mass is 9.83. The van der Waals surface area contributed by atoms with Crippen molar-refractivity contribution in [3.05, 3.63) is 53.7 Å². The summed E-state index contributed by atoms with van der Waals surface area (Å²) in [5.74, 6) is 0.988. The molecule has 0 spiro atoms. The second-order valence-corrected chi connectivity index (χ2v) is 5.11. The minimum atomic E-state index is -0.216. The van der Waals surface area contributed by atoms with E-state index in [1.807, 2.05) is 12.1 Å². The van der Waals surface area contributed by atoms with Crippen molar-refractivity contribution in [3.63, 3.8) is 0 Å². The quantitative estimate of drug-likeness (QED) is 0.848. The Kier molecular flexibility index (Phi) is 2.38. The molecule has 0 amide bonds. The zero-order valence-corrected chi connectivity index (χ0v) is 10.3. The van der Waals surface area contributed by atoms with E-state index in [2.05, 4.69) is 5.32 Å². The van der Waals surface area contributed by atoms with Crippen LogP contribution in [0.4, 0.5) is 10.1 Å². The van der Waals surface area contributed by atoms with E-state index < -0.39 is 0 Å². The van der Waals surface area contributed by atoms with E-state index >= 15 is 0 Å². The minimum absolute atomic E-state index is 0.0398. The van der Waals surface area contributed by atoms with Gasteiger partial charge in [0.15, 0.2) is 0 Å². The number of hydrogen-bond acceptors (Lipinski definition) is 3. The van der Waals surface area contributed by atoms with Crippen LogP contribution in [-0.2, 0) is 4.74 Å². The summed E-state index contributed by atoms with van der Waals surface area (Å²) in [5, 5.41) is 3.46. The molecule has 1 saturated heterocycles. The average molecular weight is 259 g/mol. The van der Waals surface area contributed by atoms with Gasteiger partial charge in [0.05, 0.1) is 18.4 Å². The van der Waals surface area contributed by atoms with Crippen LogP contribution in [0.1, 0.15) is 29.9 Å². The van der Waals surface area contributed by atoms with Crippen LogP contribution >= 0.6 is 0 Å². The lowest BCUT2D eigenvalue weighted by molar-refractivity contribution is 0.0805. The van der Waals surface area contributed by atoms with Crippen LogP contribution < -0.4 is 5.32 Å². The Morgan fingerprint density at radius 3 is 3.05 bits per heavy atom. The fourth-order valence-corrected chi connectivity index (χ4v) is 3.19. The van der Waals surface area contributed by atoms with Gasteiger partial charge >= 0.3 is 0 Å². The first-order chi connectivity index (χ1) is 9.33. The van der Waals surface area contributed by atoms with Gasteiger partial charge in [-0.3, -0.25) is 0 Å². The monoisotopic (exact) mass is 259 g/mol. The molecule has 1 N–H and O–H groups in total. The van der Waals surface area contributed by atoms with Crippen LogP contribution in [0, 0.1) is 11.7 Å². The van der Waals surface area contributed by atoms with E-state index in [-0.39, 0.29) is 18.0 Å². The molecule has 3 nitrogen and oxygen atoms in total. The number of halogens is 1. The average Bonchev–Trinajstić information content (AvgIpc) is 3.09. The van der Waals surface area contributed by atoms with E-state index in [1.165, 1.54) is 6.07 Å². The molecule has 4 heteroatoms. The Hall–Kier alpha value is -1.81. The molecule has 2 aromatic rings. The first-order valence-corrected chi connectivity index (χ1v) is 6.54. The third kappa shape index (κ3) is 1.67. The van der Waals surface area contributed by atoms with E-state index in [1.54, 1.807) is 18.4 Å². The minimum Gasteiger partial charge on any atom is -0.467 e. The van der Waals surface area contributed by atoms with Crippen LogP contribution in [-0.4, -0.2) is 6.61 Å². The van der Waals surface area contributed by atoms with Gasteiger partial charge < -0.3 is 14.5 Å². The van der Waals surface area contributed by atoms with Gasteiger partial charge in [-0.15, -0.1) is 0 Å². The van der Waals surface area contributed by atoms with Crippen LogP contribution in [0.3, 0.4) is 0 Å². The molecule has 4 rings (SSSR count). The largest absolute Gasteiger partial charge is 0.467 e. The number of furan rings is 1. The zero-order valence-electron chi connectivity index (χ0n) is 10.3. The van der Waals surface area contributed by atoms with Crippen LogP contribution in [0.15, 0.2) is 41.0 Å². The summed E-state index contributed by atoms with van der Waals surface area (Å²) < 4.78 is 24.8. The fourth-order valence-electron chi connectivity index (χ4n) is 3.19. The summed E-state index contributed by atoms with van der Waals surface area (Å²) in [7, 11) is 0. The van der Waals surface area contributed by atoms with Gasteiger partial charge in [-0.1, -0.05) is 0 Å². The van der Waals surface area contributed by atoms with Crippen molar-refractivity contribution in [2.45, 2.75) is 18.6 Å². The Bertz CT molecular complexity index is 596. The van der Waals surface area contributed by atoms with E-state index in [4.69, 9.17) is 9.15 Å². The van der Waals surface area contributed by atoms with Gasteiger partial charge in [0.2, 0.25) is 0 Å². The highest BCUT2D eigenvalue weighted by atomic mass is 19.1. The molecule has 19 heavy (non-hydrogen) atoms. The number of nitrogens with one attached hydrogen (secondary N) is 1. The molecule has 0 saturated carbocycles. The standard InChI is InChI=1S/C15H14FNO2/c16-9-3-4-12-11(8-9)15-10(5-7-19-15)14(17-12)13-2-1-6-18-13/h1-4,6,8,10,14-15,17H,5,7H2/t10-,14-,15-/m0/s1. The predicted octanol–water partition coefficient (Wildman–Crippen LogP) is 3.66. The highest BCUT2D eigenvalue weighted by molar-refractivity contribution is 5.56. The molecule has 3 atom stereocenters. The van der Waals surface area contributed by atoms with Crippen molar-refractivity contribution in [1.29, 1.82) is 0 Å². The normalized spacial score (nSPS) is 28.6. The maximum atomic E-state index is 13.4. The molecule has 2 aliphatic heterocycles. The molecule has 2 aliphatic rings. The fraction of sp³-hybridized carbons (Fsp3) is 0.333. The number of hydrogen-bond donors (Lipinski definition) is 1. The Morgan fingerprint density at radius 2 is 2.21 bits per heavy atom. The van der Waals surface area contributed by atoms with Crippen molar-refractivity contribution < 1.29 is 13.5 Å². The summed E-state index contributed by atoms with van der Waals surface area (Å²) in [6.45, 7) is 0.712. The number of rotatable bonds is 1. The number of ether oxygens (including phenoxy) is 1. The van der Waals surface area contributed by atoms with Crippen LogP contribution in [0.2, 0.25) is 0 Å².